The van der Waals surface area contributed by atoms with Crippen molar-refractivity contribution in [2.75, 3.05) is 52.1 Å². The number of carbonyl (C=O) groups is 8. The number of hydrogen-bond donors (Lipinski definition) is 2. The maximum atomic E-state index is 14.3. The van der Waals surface area contributed by atoms with Gasteiger partial charge in [0.25, 0.3) is 11.8 Å². The number of likely N-dealkylation sites (N-methyl/N-ethyl adjacent to an activating group) is 1. The topological polar surface area (TPSA) is 231 Å². The Balaban J connectivity index is 1.18. The van der Waals surface area contributed by atoms with Crippen LogP contribution < -0.4 is 15.0 Å². The van der Waals surface area contributed by atoms with E-state index >= 15 is 0 Å². The molecule has 0 aliphatic carbocycles. The summed E-state index contributed by atoms with van der Waals surface area (Å²) in [5.74, 6) is -3.95. The zero-order chi connectivity index (χ0) is 48.4. The number of anilines is 1. The first kappa shape index (κ1) is 50.1. The third-order valence-corrected chi connectivity index (χ3v) is 14.4. The Labute approximate surface area is 391 Å². The fraction of sp³-hybridized carbons (Fsp3) is 0.556. The molecule has 7 amide bonds. The fourth-order valence-electron chi connectivity index (χ4n) is 8.55. The average molecular weight is 958 g/mol. The van der Waals surface area contributed by atoms with Crippen LogP contribution in [-0.2, 0) is 58.9 Å². The Morgan fingerprint density at radius 3 is 2.41 bits per heavy atom. The van der Waals surface area contributed by atoms with E-state index in [4.69, 9.17) is 35.3 Å². The molecule has 19 nitrogen and oxygen atoms in total. The summed E-state index contributed by atoms with van der Waals surface area (Å²) in [7, 11) is 5.81. The first-order chi connectivity index (χ1) is 31.1. The number of benzene rings is 1. The number of allylic oxidation sites excluding steroid dienone is 3. The summed E-state index contributed by atoms with van der Waals surface area (Å²) in [6, 6.07) is 2.35. The van der Waals surface area contributed by atoms with Crippen molar-refractivity contribution in [1.82, 2.24) is 20.0 Å². The minimum absolute atomic E-state index is 0.105. The van der Waals surface area contributed by atoms with Gasteiger partial charge in [-0.15, -0.1) is 11.8 Å². The number of nitrogens with zero attached hydrogens (tertiary/aromatic N) is 4. The number of nitrogens with one attached hydrogen (secondary N) is 1. The Kier molecular flexibility index (Phi) is 15.4. The molecule has 66 heavy (non-hydrogen) atoms. The SMILES string of the molecule is COc1cc2cc(c1Cl)N(C)C(=O)C[C@H](OC(=O)[C@H](C)N(C)C(=O)CCSC1CC(=O)N(CCN3C(=O)C=CC3=O)C1=O)[C@]1(C)OC1[C@H](C)C1C[C@@](O)(NC(=O)O1)[C@H](OC)/C=C/C=C(\C)C2. The van der Waals surface area contributed by atoms with Gasteiger partial charge in [-0.3, -0.25) is 43.9 Å². The van der Waals surface area contributed by atoms with Gasteiger partial charge in [0, 0.05) is 77.4 Å². The predicted octanol–water partition coefficient (Wildman–Crippen LogP) is 2.69. The summed E-state index contributed by atoms with van der Waals surface area (Å²) in [5.41, 5.74) is -1.22. The van der Waals surface area contributed by atoms with Crippen LogP contribution >= 0.6 is 23.4 Å². The molecule has 0 radical (unpaired) electrons. The van der Waals surface area contributed by atoms with Gasteiger partial charge in [0.15, 0.2) is 5.72 Å². The third-order valence-electron chi connectivity index (χ3n) is 12.8. The van der Waals surface area contributed by atoms with E-state index in [9.17, 15) is 43.5 Å². The molecule has 2 N–H and O–H groups in total. The number of methoxy groups -OCH3 is 2. The maximum Gasteiger partial charge on any atom is 0.409 e. The molecule has 3 fully saturated rings. The quantitative estimate of drug-likeness (QED) is 0.174. The number of imide groups is 2. The number of epoxide rings is 1. The lowest BCUT2D eigenvalue weighted by Crippen LogP contribution is -2.63. The molecule has 1 aromatic carbocycles. The molecule has 3 saturated heterocycles. The van der Waals surface area contributed by atoms with Gasteiger partial charge in [-0.05, 0) is 44.9 Å². The molecule has 4 bridgehead atoms. The Hall–Kier alpha value is -5.28. The number of halogens is 1. The number of aliphatic hydroxyl groups is 1. The summed E-state index contributed by atoms with van der Waals surface area (Å²) in [4.78, 5) is 109. The van der Waals surface area contributed by atoms with Gasteiger partial charge in [0.2, 0.25) is 23.6 Å². The number of esters is 1. The lowest BCUT2D eigenvalue weighted by molar-refractivity contribution is -0.162. The molecular formula is C45H56ClN5O14S. The van der Waals surface area contributed by atoms with Gasteiger partial charge in [0.05, 0.1) is 30.6 Å². The fourth-order valence-corrected chi connectivity index (χ4v) is 9.97. The van der Waals surface area contributed by atoms with Crippen LogP contribution in [0.25, 0.3) is 0 Å². The molecular weight excluding hydrogens is 902 g/mol. The zero-order valence-electron chi connectivity index (χ0n) is 38.1. The largest absolute Gasteiger partial charge is 0.495 e. The second kappa shape index (κ2) is 20.3. The van der Waals surface area contributed by atoms with Crippen molar-refractivity contribution in [3.8, 4) is 5.75 Å². The number of fused-ring (bicyclic) bond motifs is 5. The van der Waals surface area contributed by atoms with Gasteiger partial charge < -0.3 is 38.6 Å². The van der Waals surface area contributed by atoms with Gasteiger partial charge in [-0.25, -0.2) is 9.59 Å². The van der Waals surface area contributed by atoms with Crippen LogP contribution in [-0.4, -0.2) is 162 Å². The predicted molar refractivity (Wildman–Crippen MR) is 239 cm³/mol. The molecule has 5 heterocycles. The maximum absolute atomic E-state index is 14.3. The standard InChI is InChI=1S/C45H56ClN5O14S/c1-24-10-9-11-32(62-8)45(60)23-30(63-43(59)47-45)25(2)40-44(4,65-40)33(22-37(55)49(6)28-19-27(18-24)20-29(61-7)39(28)46)64-42(58)26(3)48(5)34(52)14-17-66-31-21-38(56)51(41(31)57)16-15-50-35(53)12-13-36(50)54/h9-13,19-20,25-26,30-33,40,60H,14-18,21-23H2,1-8H3,(H,47,59)/b11-9+,24-10+/t25-,26+,30?,31?,32-,33+,40?,44+,45+/m1/s1. The summed E-state index contributed by atoms with van der Waals surface area (Å²) in [5, 5.41) is 13.7. The van der Waals surface area contributed by atoms with Crippen LogP contribution in [0.1, 0.15) is 58.9 Å². The van der Waals surface area contributed by atoms with E-state index in [0.717, 1.165) is 44.9 Å². The number of likely N-dealkylation sites (tertiary alicyclic amines) is 1. The van der Waals surface area contributed by atoms with E-state index in [1.54, 1.807) is 38.1 Å². The van der Waals surface area contributed by atoms with Crippen molar-refractivity contribution in [1.29, 1.82) is 0 Å². The molecule has 1 aromatic rings. The molecule has 5 aliphatic rings. The van der Waals surface area contributed by atoms with Gasteiger partial charge >= 0.3 is 12.1 Å². The third kappa shape index (κ3) is 10.6. The second-order valence-electron chi connectivity index (χ2n) is 17.3. The monoisotopic (exact) mass is 957 g/mol. The summed E-state index contributed by atoms with van der Waals surface area (Å²) < 4.78 is 29.3. The molecule has 358 valence electrons. The summed E-state index contributed by atoms with van der Waals surface area (Å²) in [6.45, 7) is 6.51. The van der Waals surface area contributed by atoms with Crippen LogP contribution in [0.15, 0.2) is 48.1 Å². The Bertz CT molecular complexity index is 2240. The molecule has 0 spiro atoms. The van der Waals surface area contributed by atoms with E-state index < -0.39 is 107 Å². The van der Waals surface area contributed by atoms with Crippen LogP contribution in [0.2, 0.25) is 5.02 Å². The van der Waals surface area contributed by atoms with E-state index in [-0.39, 0.29) is 43.1 Å². The van der Waals surface area contributed by atoms with Crippen molar-refractivity contribution in [3.05, 3.63) is 58.7 Å². The number of alkyl carbamates (subject to hydrolysis) is 1. The first-order valence-corrected chi connectivity index (χ1v) is 22.9. The van der Waals surface area contributed by atoms with Crippen molar-refractivity contribution in [3.63, 3.8) is 0 Å². The van der Waals surface area contributed by atoms with Crippen LogP contribution in [0.3, 0.4) is 0 Å². The molecule has 5 aliphatic heterocycles. The molecule has 0 aromatic heterocycles. The number of thioether (sulfide) groups is 1. The van der Waals surface area contributed by atoms with E-state index in [2.05, 4.69) is 5.32 Å². The van der Waals surface area contributed by atoms with Crippen molar-refractivity contribution in [2.45, 2.75) is 107 Å². The number of carbonyl (C=O) groups excluding carboxylic acids is 8. The van der Waals surface area contributed by atoms with Crippen molar-refractivity contribution >= 4 is 76.6 Å². The normalized spacial score (nSPS) is 30.9. The number of rotatable bonds is 12. The Morgan fingerprint density at radius 2 is 1.74 bits per heavy atom. The molecule has 21 heteroatoms. The minimum atomic E-state index is -1.88. The highest BCUT2D eigenvalue weighted by atomic mass is 35.5. The highest BCUT2D eigenvalue weighted by molar-refractivity contribution is 8.00. The molecule has 9 atom stereocenters. The summed E-state index contributed by atoms with van der Waals surface area (Å²) >= 11 is 7.89. The molecule has 3 unspecified atom stereocenters. The number of ether oxygens (including phenoxy) is 5. The molecule has 6 rings (SSSR count). The van der Waals surface area contributed by atoms with Crippen LogP contribution in [0.4, 0.5) is 10.5 Å². The van der Waals surface area contributed by atoms with Crippen LogP contribution in [0.5, 0.6) is 5.75 Å². The zero-order valence-corrected chi connectivity index (χ0v) is 39.6. The van der Waals surface area contributed by atoms with E-state index in [1.807, 2.05) is 13.0 Å². The second-order valence-corrected chi connectivity index (χ2v) is 19.0. The van der Waals surface area contributed by atoms with E-state index in [1.165, 1.54) is 45.0 Å². The molecule has 0 saturated carbocycles. The Morgan fingerprint density at radius 1 is 1.06 bits per heavy atom. The average Bonchev–Trinajstić information content (AvgIpc) is 3.77. The highest BCUT2D eigenvalue weighted by Gasteiger charge is 2.64. The smallest absolute Gasteiger partial charge is 0.409 e. The van der Waals surface area contributed by atoms with Gasteiger partial charge in [-0.1, -0.05) is 42.3 Å². The summed E-state index contributed by atoms with van der Waals surface area (Å²) in [6.07, 6.45) is 2.32. The number of amides is 7. The van der Waals surface area contributed by atoms with Crippen LogP contribution in [0, 0.1) is 5.92 Å². The first-order valence-electron chi connectivity index (χ1n) is 21.5. The lowest BCUT2D eigenvalue weighted by Gasteiger charge is -2.42. The minimum Gasteiger partial charge on any atom is -0.495 e. The van der Waals surface area contributed by atoms with Crippen molar-refractivity contribution < 1.29 is 67.1 Å². The van der Waals surface area contributed by atoms with Crippen molar-refractivity contribution in [2.24, 2.45) is 5.92 Å². The van der Waals surface area contributed by atoms with Gasteiger partial charge in [0.1, 0.15) is 40.7 Å². The lowest BCUT2D eigenvalue weighted by atomic mass is 9.83. The number of hydrogen-bond acceptors (Lipinski definition) is 15. The highest BCUT2D eigenvalue weighted by Crippen LogP contribution is 2.49. The van der Waals surface area contributed by atoms with E-state index in [0.29, 0.717) is 17.9 Å². The van der Waals surface area contributed by atoms with Gasteiger partial charge in [-0.2, -0.15) is 0 Å².